The summed E-state index contributed by atoms with van der Waals surface area (Å²) in [4.78, 5) is 21.0. The predicted molar refractivity (Wildman–Crippen MR) is 93.3 cm³/mol. The van der Waals surface area contributed by atoms with Crippen LogP contribution in [0.15, 0.2) is 42.6 Å². The third-order valence-electron chi connectivity index (χ3n) is 4.31. The van der Waals surface area contributed by atoms with Crippen molar-refractivity contribution >= 4 is 17.4 Å². The Morgan fingerprint density at radius 2 is 1.73 bits per heavy atom. The molecule has 0 saturated carbocycles. The van der Waals surface area contributed by atoms with Crippen LogP contribution in [0, 0.1) is 0 Å². The van der Waals surface area contributed by atoms with Gasteiger partial charge in [-0.3, -0.25) is 4.79 Å². The number of pyridine rings is 1. The number of rotatable bonds is 3. The standard InChI is InChI=1S/C18H19F3N4O/c1-24-8-10-25(11-9-24)16-12-13(6-7-22-16)17(26)23-15-4-2-14(3-5-15)18(19,20)21/h2-7,12H,8-11H2,1H3,(H,23,26). The highest BCUT2D eigenvalue weighted by Crippen LogP contribution is 2.29. The number of piperazine rings is 1. The van der Waals surface area contributed by atoms with E-state index in [0.29, 0.717) is 11.3 Å². The molecule has 1 aromatic heterocycles. The number of likely N-dealkylation sites (N-methyl/N-ethyl adjacent to an activating group) is 1. The van der Waals surface area contributed by atoms with Crippen molar-refractivity contribution < 1.29 is 18.0 Å². The minimum absolute atomic E-state index is 0.306. The average Bonchev–Trinajstić information content (AvgIpc) is 2.62. The monoisotopic (exact) mass is 364 g/mol. The number of amides is 1. The van der Waals surface area contributed by atoms with Gasteiger partial charge in [-0.25, -0.2) is 4.98 Å². The number of aromatic nitrogens is 1. The molecule has 1 amide bonds. The van der Waals surface area contributed by atoms with Gasteiger partial charge >= 0.3 is 6.18 Å². The van der Waals surface area contributed by atoms with Crippen molar-refractivity contribution in [3.8, 4) is 0 Å². The zero-order valence-corrected chi connectivity index (χ0v) is 14.3. The Morgan fingerprint density at radius 3 is 2.35 bits per heavy atom. The van der Waals surface area contributed by atoms with Crippen molar-refractivity contribution in [3.63, 3.8) is 0 Å². The van der Waals surface area contributed by atoms with Crippen molar-refractivity contribution in [3.05, 3.63) is 53.7 Å². The first-order chi connectivity index (χ1) is 12.3. The fourth-order valence-electron chi connectivity index (χ4n) is 2.71. The molecular weight excluding hydrogens is 345 g/mol. The van der Waals surface area contributed by atoms with Gasteiger partial charge in [-0.1, -0.05) is 0 Å². The molecule has 0 radical (unpaired) electrons. The largest absolute Gasteiger partial charge is 0.416 e. The molecule has 2 heterocycles. The van der Waals surface area contributed by atoms with E-state index >= 15 is 0 Å². The van der Waals surface area contributed by atoms with Gasteiger partial charge in [0.05, 0.1) is 5.56 Å². The van der Waals surface area contributed by atoms with Gasteiger partial charge in [0.25, 0.3) is 5.91 Å². The summed E-state index contributed by atoms with van der Waals surface area (Å²) in [6.07, 6.45) is -2.83. The number of hydrogen-bond donors (Lipinski definition) is 1. The number of anilines is 2. The Balaban J connectivity index is 1.69. The van der Waals surface area contributed by atoms with E-state index in [-0.39, 0.29) is 5.91 Å². The van der Waals surface area contributed by atoms with Gasteiger partial charge in [0.2, 0.25) is 0 Å². The van der Waals surface area contributed by atoms with Crippen molar-refractivity contribution in [2.75, 3.05) is 43.4 Å². The van der Waals surface area contributed by atoms with Gasteiger partial charge in [0.15, 0.2) is 0 Å². The van der Waals surface area contributed by atoms with E-state index in [2.05, 4.69) is 27.1 Å². The molecule has 2 aromatic rings. The lowest BCUT2D eigenvalue weighted by Gasteiger charge is -2.33. The first kappa shape index (κ1) is 18.2. The number of halogens is 3. The van der Waals surface area contributed by atoms with Crippen LogP contribution >= 0.6 is 0 Å². The van der Waals surface area contributed by atoms with Crippen LogP contribution in [0.3, 0.4) is 0 Å². The maximum absolute atomic E-state index is 12.6. The highest BCUT2D eigenvalue weighted by atomic mass is 19.4. The maximum Gasteiger partial charge on any atom is 0.416 e. The normalized spacial score (nSPS) is 15.8. The number of hydrogen-bond acceptors (Lipinski definition) is 4. The number of nitrogens with one attached hydrogen (secondary N) is 1. The number of carbonyl (C=O) groups is 1. The third-order valence-corrected chi connectivity index (χ3v) is 4.31. The highest BCUT2D eigenvalue weighted by Gasteiger charge is 2.30. The first-order valence-electron chi connectivity index (χ1n) is 8.21. The second kappa shape index (κ2) is 7.33. The molecule has 138 valence electrons. The second-order valence-electron chi connectivity index (χ2n) is 6.22. The molecule has 1 saturated heterocycles. The molecule has 0 atom stereocenters. The van der Waals surface area contributed by atoms with E-state index in [1.54, 1.807) is 18.3 Å². The minimum atomic E-state index is -4.40. The molecule has 0 unspecified atom stereocenters. The van der Waals surface area contributed by atoms with Crippen LogP contribution in [-0.4, -0.2) is 49.0 Å². The SMILES string of the molecule is CN1CCN(c2cc(C(=O)Nc3ccc(C(F)(F)F)cc3)ccn2)CC1. The first-order valence-corrected chi connectivity index (χ1v) is 8.21. The van der Waals surface area contributed by atoms with E-state index in [0.717, 1.165) is 44.1 Å². The summed E-state index contributed by atoms with van der Waals surface area (Å²) in [6.45, 7) is 3.49. The van der Waals surface area contributed by atoms with E-state index in [1.807, 2.05) is 0 Å². The van der Waals surface area contributed by atoms with Crippen LogP contribution in [0.4, 0.5) is 24.7 Å². The van der Waals surface area contributed by atoms with Gasteiger partial charge in [0.1, 0.15) is 5.82 Å². The zero-order valence-electron chi connectivity index (χ0n) is 14.3. The number of benzene rings is 1. The van der Waals surface area contributed by atoms with Gasteiger partial charge < -0.3 is 15.1 Å². The zero-order chi connectivity index (χ0) is 18.7. The lowest BCUT2D eigenvalue weighted by atomic mass is 10.2. The maximum atomic E-state index is 12.6. The summed E-state index contributed by atoms with van der Waals surface area (Å²) < 4.78 is 37.8. The van der Waals surface area contributed by atoms with Crippen molar-refractivity contribution in [2.45, 2.75) is 6.18 Å². The summed E-state index contributed by atoms with van der Waals surface area (Å²) in [5, 5.41) is 2.61. The average molecular weight is 364 g/mol. The number of alkyl halides is 3. The second-order valence-corrected chi connectivity index (χ2v) is 6.22. The molecule has 1 N–H and O–H groups in total. The van der Waals surface area contributed by atoms with Crippen LogP contribution < -0.4 is 10.2 Å². The Labute approximate surface area is 149 Å². The van der Waals surface area contributed by atoms with E-state index in [1.165, 1.54) is 12.1 Å². The molecule has 0 bridgehead atoms. The highest BCUT2D eigenvalue weighted by molar-refractivity contribution is 6.04. The van der Waals surface area contributed by atoms with E-state index in [9.17, 15) is 18.0 Å². The van der Waals surface area contributed by atoms with Crippen LogP contribution in [0.5, 0.6) is 0 Å². The molecule has 1 aromatic carbocycles. The van der Waals surface area contributed by atoms with Crippen molar-refractivity contribution in [1.82, 2.24) is 9.88 Å². The topological polar surface area (TPSA) is 48.5 Å². The molecule has 0 aliphatic carbocycles. The van der Waals surface area contributed by atoms with E-state index in [4.69, 9.17) is 0 Å². The smallest absolute Gasteiger partial charge is 0.354 e. The number of nitrogens with zero attached hydrogens (tertiary/aromatic N) is 3. The fraction of sp³-hybridized carbons (Fsp3) is 0.333. The van der Waals surface area contributed by atoms with Crippen LogP contribution in [-0.2, 0) is 6.18 Å². The molecule has 26 heavy (non-hydrogen) atoms. The molecule has 5 nitrogen and oxygen atoms in total. The summed E-state index contributed by atoms with van der Waals surface area (Å²) in [5.41, 5.74) is -0.0356. The summed E-state index contributed by atoms with van der Waals surface area (Å²) in [5.74, 6) is 0.334. The lowest BCUT2D eigenvalue weighted by Crippen LogP contribution is -2.44. The predicted octanol–water partition coefficient (Wildman–Crippen LogP) is 3.10. The van der Waals surface area contributed by atoms with Gasteiger partial charge in [-0.05, 0) is 43.4 Å². The number of carbonyl (C=O) groups excluding carboxylic acids is 1. The van der Waals surface area contributed by atoms with Crippen LogP contribution in [0.25, 0.3) is 0 Å². The molecular formula is C18H19F3N4O. The molecule has 0 spiro atoms. The molecule has 1 fully saturated rings. The summed E-state index contributed by atoms with van der Waals surface area (Å²) in [7, 11) is 2.05. The Bertz CT molecular complexity index is 769. The molecule has 8 heteroatoms. The van der Waals surface area contributed by atoms with Gasteiger partial charge in [-0.15, -0.1) is 0 Å². The quantitative estimate of drug-likeness (QED) is 0.909. The third kappa shape index (κ3) is 4.32. The van der Waals surface area contributed by atoms with Gasteiger partial charge in [0, 0.05) is 43.6 Å². The summed E-state index contributed by atoms with van der Waals surface area (Å²) >= 11 is 0. The van der Waals surface area contributed by atoms with Crippen LogP contribution in [0.1, 0.15) is 15.9 Å². The van der Waals surface area contributed by atoms with E-state index < -0.39 is 11.7 Å². The Hall–Kier alpha value is -2.61. The Kier molecular flexibility index (Phi) is 5.13. The molecule has 1 aliphatic rings. The fourth-order valence-corrected chi connectivity index (χ4v) is 2.71. The van der Waals surface area contributed by atoms with Gasteiger partial charge in [-0.2, -0.15) is 13.2 Å². The Morgan fingerprint density at radius 1 is 1.08 bits per heavy atom. The molecule has 1 aliphatic heterocycles. The van der Waals surface area contributed by atoms with Crippen LogP contribution in [0.2, 0.25) is 0 Å². The summed E-state index contributed by atoms with van der Waals surface area (Å²) in [6, 6.07) is 7.64. The van der Waals surface area contributed by atoms with Crippen molar-refractivity contribution in [2.24, 2.45) is 0 Å². The minimum Gasteiger partial charge on any atom is -0.354 e. The molecule has 3 rings (SSSR count). The lowest BCUT2D eigenvalue weighted by molar-refractivity contribution is -0.137. The van der Waals surface area contributed by atoms with Crippen molar-refractivity contribution in [1.29, 1.82) is 0 Å².